The predicted molar refractivity (Wildman–Crippen MR) is 116 cm³/mol. The molecule has 164 valence electrons. The molecular weight excluding hydrogens is 402 g/mol. The minimum atomic E-state index is -3.58. The Balaban J connectivity index is 1.47. The Kier molecular flexibility index (Phi) is 5.97. The summed E-state index contributed by atoms with van der Waals surface area (Å²) in [6.45, 7) is 10.5. The Labute approximate surface area is 178 Å². The van der Waals surface area contributed by atoms with E-state index in [2.05, 4.69) is 30.8 Å². The monoisotopic (exact) mass is 433 g/mol. The lowest BCUT2D eigenvalue weighted by Crippen LogP contribution is -2.49. The van der Waals surface area contributed by atoms with E-state index in [4.69, 9.17) is 0 Å². The molecule has 0 N–H and O–H groups in total. The van der Waals surface area contributed by atoms with Crippen LogP contribution in [0.4, 0.5) is 11.6 Å². The van der Waals surface area contributed by atoms with Crippen molar-refractivity contribution in [3.63, 3.8) is 0 Å². The van der Waals surface area contributed by atoms with Crippen molar-refractivity contribution in [1.82, 2.24) is 23.8 Å². The van der Waals surface area contributed by atoms with Gasteiger partial charge in [-0.1, -0.05) is 0 Å². The van der Waals surface area contributed by atoms with E-state index in [1.54, 1.807) is 6.20 Å². The molecule has 0 aromatic carbocycles. The lowest BCUT2D eigenvalue weighted by molar-refractivity contribution is 0.382. The molecule has 0 unspecified atom stereocenters. The van der Waals surface area contributed by atoms with Gasteiger partial charge in [-0.2, -0.15) is 4.31 Å². The van der Waals surface area contributed by atoms with Crippen LogP contribution in [0.5, 0.6) is 0 Å². The van der Waals surface area contributed by atoms with Crippen LogP contribution in [-0.4, -0.2) is 71.5 Å². The van der Waals surface area contributed by atoms with E-state index >= 15 is 0 Å². The van der Waals surface area contributed by atoms with Crippen LogP contribution in [0.1, 0.15) is 37.8 Å². The number of aromatic nitrogens is 4. The number of anilines is 2. The first-order chi connectivity index (χ1) is 14.4. The van der Waals surface area contributed by atoms with Gasteiger partial charge >= 0.3 is 0 Å². The summed E-state index contributed by atoms with van der Waals surface area (Å²) in [5.41, 5.74) is 0. The molecule has 2 aromatic rings. The average molecular weight is 434 g/mol. The topological polar surface area (TPSA) is 87.5 Å². The zero-order valence-corrected chi connectivity index (χ0v) is 18.9. The van der Waals surface area contributed by atoms with Gasteiger partial charge in [-0.15, -0.1) is 0 Å². The van der Waals surface area contributed by atoms with E-state index in [1.807, 2.05) is 25.3 Å². The SMILES string of the molecule is CCn1cc(S(=O)(=O)N2CCN(c3cc(N4CCCCC4)nc(C)n3)CC2)nc1C. The second kappa shape index (κ2) is 8.50. The number of imidazole rings is 1. The number of hydrogen-bond donors (Lipinski definition) is 0. The molecule has 0 amide bonds. The number of nitrogens with zero attached hydrogens (tertiary/aromatic N) is 7. The van der Waals surface area contributed by atoms with Crippen LogP contribution in [0, 0.1) is 13.8 Å². The molecule has 4 heterocycles. The van der Waals surface area contributed by atoms with Crippen LogP contribution in [0.25, 0.3) is 0 Å². The van der Waals surface area contributed by atoms with Crippen molar-refractivity contribution < 1.29 is 8.42 Å². The van der Waals surface area contributed by atoms with Crippen LogP contribution < -0.4 is 9.80 Å². The van der Waals surface area contributed by atoms with Gasteiger partial charge in [0.25, 0.3) is 10.0 Å². The van der Waals surface area contributed by atoms with Crippen molar-refractivity contribution in [3.05, 3.63) is 23.9 Å². The Morgan fingerprint density at radius 3 is 2.03 bits per heavy atom. The fourth-order valence-corrected chi connectivity index (χ4v) is 5.61. The number of rotatable bonds is 5. The maximum Gasteiger partial charge on any atom is 0.262 e. The summed E-state index contributed by atoms with van der Waals surface area (Å²) in [6, 6.07) is 2.05. The van der Waals surface area contributed by atoms with Gasteiger partial charge in [0.1, 0.15) is 23.3 Å². The molecule has 2 fully saturated rings. The summed E-state index contributed by atoms with van der Waals surface area (Å²) in [6.07, 6.45) is 5.31. The Morgan fingerprint density at radius 1 is 0.867 bits per heavy atom. The largest absolute Gasteiger partial charge is 0.356 e. The number of aryl methyl sites for hydroxylation is 3. The van der Waals surface area contributed by atoms with Crippen LogP contribution in [0.2, 0.25) is 0 Å². The van der Waals surface area contributed by atoms with Crippen molar-refractivity contribution in [1.29, 1.82) is 0 Å². The van der Waals surface area contributed by atoms with Crippen LogP contribution >= 0.6 is 0 Å². The zero-order chi connectivity index (χ0) is 21.3. The Bertz CT molecular complexity index is 991. The van der Waals surface area contributed by atoms with E-state index < -0.39 is 10.0 Å². The van der Waals surface area contributed by atoms with Crippen molar-refractivity contribution >= 4 is 21.7 Å². The third-order valence-corrected chi connectivity index (χ3v) is 7.72. The Morgan fingerprint density at radius 2 is 1.47 bits per heavy atom. The maximum atomic E-state index is 13.0. The first-order valence-electron chi connectivity index (χ1n) is 10.8. The third-order valence-electron chi connectivity index (χ3n) is 5.95. The van der Waals surface area contributed by atoms with Gasteiger partial charge in [-0.25, -0.2) is 23.4 Å². The van der Waals surface area contributed by atoms with E-state index in [0.717, 1.165) is 36.4 Å². The molecular formula is C20H31N7O2S. The quantitative estimate of drug-likeness (QED) is 0.711. The summed E-state index contributed by atoms with van der Waals surface area (Å²) in [5, 5.41) is 0.139. The van der Waals surface area contributed by atoms with Gasteiger partial charge in [0.15, 0.2) is 5.03 Å². The fourth-order valence-electron chi connectivity index (χ4n) is 4.20. The molecule has 4 rings (SSSR count). The standard InChI is InChI=1S/C20H31N7O2S/c1-4-24-15-20(23-17(24)3)30(28,29)27-12-10-26(11-13-27)19-14-18(21-16(2)22-19)25-8-6-5-7-9-25/h14-15H,4-13H2,1-3H3. The molecule has 2 aromatic heterocycles. The molecule has 0 atom stereocenters. The molecule has 2 aliphatic heterocycles. The molecule has 0 aliphatic carbocycles. The van der Waals surface area contributed by atoms with Gasteiger partial charge in [-0.05, 0) is 40.0 Å². The first-order valence-corrected chi connectivity index (χ1v) is 12.2. The van der Waals surface area contributed by atoms with Gasteiger partial charge in [0.05, 0.1) is 0 Å². The smallest absolute Gasteiger partial charge is 0.262 e. The van der Waals surface area contributed by atoms with E-state index in [0.29, 0.717) is 32.7 Å². The van der Waals surface area contributed by atoms with Gasteiger partial charge < -0.3 is 14.4 Å². The van der Waals surface area contributed by atoms with Gasteiger partial charge in [0, 0.05) is 58.1 Å². The molecule has 2 saturated heterocycles. The molecule has 0 radical (unpaired) electrons. The van der Waals surface area contributed by atoms with Crippen molar-refractivity contribution in [2.75, 3.05) is 49.1 Å². The molecule has 0 bridgehead atoms. The molecule has 0 spiro atoms. The molecule has 2 aliphatic rings. The highest BCUT2D eigenvalue weighted by Crippen LogP contribution is 2.24. The van der Waals surface area contributed by atoms with Gasteiger partial charge in [-0.3, -0.25) is 0 Å². The summed E-state index contributed by atoms with van der Waals surface area (Å²) >= 11 is 0. The highest BCUT2D eigenvalue weighted by Gasteiger charge is 2.31. The summed E-state index contributed by atoms with van der Waals surface area (Å²) in [5.74, 6) is 3.33. The van der Waals surface area contributed by atoms with Crippen LogP contribution in [0.15, 0.2) is 17.3 Å². The second-order valence-corrected chi connectivity index (χ2v) is 9.87. The molecule has 10 heteroatoms. The maximum absolute atomic E-state index is 13.0. The highest BCUT2D eigenvalue weighted by atomic mass is 32.2. The average Bonchev–Trinajstić information content (AvgIpc) is 3.15. The summed E-state index contributed by atoms with van der Waals surface area (Å²) in [7, 11) is -3.58. The fraction of sp³-hybridized carbons (Fsp3) is 0.650. The molecule has 30 heavy (non-hydrogen) atoms. The van der Waals surface area contributed by atoms with Crippen molar-refractivity contribution in [2.24, 2.45) is 0 Å². The first kappa shape index (κ1) is 21.0. The number of piperazine rings is 1. The number of sulfonamides is 1. The highest BCUT2D eigenvalue weighted by molar-refractivity contribution is 7.89. The molecule has 9 nitrogen and oxygen atoms in total. The van der Waals surface area contributed by atoms with Crippen molar-refractivity contribution in [2.45, 2.75) is 51.6 Å². The third kappa shape index (κ3) is 4.15. The lowest BCUT2D eigenvalue weighted by atomic mass is 10.1. The second-order valence-electron chi connectivity index (χ2n) is 7.98. The lowest BCUT2D eigenvalue weighted by Gasteiger charge is -2.35. The summed E-state index contributed by atoms with van der Waals surface area (Å²) < 4.78 is 29.4. The zero-order valence-electron chi connectivity index (χ0n) is 18.1. The Hall–Kier alpha value is -2.20. The predicted octanol–water partition coefficient (Wildman–Crippen LogP) is 1.81. The number of hydrogen-bond acceptors (Lipinski definition) is 7. The van der Waals surface area contributed by atoms with Gasteiger partial charge in [0.2, 0.25) is 0 Å². The minimum absolute atomic E-state index is 0.139. The van der Waals surface area contributed by atoms with Crippen LogP contribution in [0.3, 0.4) is 0 Å². The van der Waals surface area contributed by atoms with Crippen LogP contribution in [-0.2, 0) is 16.6 Å². The van der Waals surface area contributed by atoms with E-state index in [9.17, 15) is 8.42 Å². The number of piperidine rings is 1. The van der Waals surface area contributed by atoms with E-state index in [1.165, 1.54) is 23.6 Å². The summed E-state index contributed by atoms with van der Waals surface area (Å²) in [4.78, 5) is 18.0. The van der Waals surface area contributed by atoms with E-state index in [-0.39, 0.29) is 5.03 Å². The minimum Gasteiger partial charge on any atom is -0.356 e. The normalized spacial score (nSPS) is 18.8. The molecule has 0 saturated carbocycles. The van der Waals surface area contributed by atoms with Crippen molar-refractivity contribution in [3.8, 4) is 0 Å².